The molecule has 1 N–H and O–H groups in total. The largest absolute Gasteiger partial charge is 0.488 e. The van der Waals surface area contributed by atoms with Crippen LogP contribution in [0.25, 0.3) is 10.8 Å². The summed E-state index contributed by atoms with van der Waals surface area (Å²) < 4.78 is 20.1. The van der Waals surface area contributed by atoms with Crippen molar-refractivity contribution in [3.63, 3.8) is 0 Å². The Kier molecular flexibility index (Phi) is 5.48. The maximum Gasteiger partial charge on any atom is 0.129 e. The van der Waals surface area contributed by atoms with Crippen LogP contribution in [0.1, 0.15) is 22.3 Å². The Hall–Kier alpha value is -3.33. The molecule has 0 amide bonds. The summed E-state index contributed by atoms with van der Waals surface area (Å²) in [5, 5.41) is 5.81. The van der Waals surface area contributed by atoms with Crippen molar-refractivity contribution in [1.82, 2.24) is 0 Å². The standard InChI is InChI=1S/C26H24FNO/c1-18-11-13-22(15-19(18)2)28-16-24-23-9-5-3-7-20(23)12-14-26(24)29-17-21-8-4-6-10-25(21)27/h3-15,28H,16-17H2,1-2H3. The number of nitrogens with one attached hydrogen (secondary N) is 1. The van der Waals surface area contributed by atoms with Gasteiger partial charge < -0.3 is 10.1 Å². The Morgan fingerprint density at radius 3 is 2.45 bits per heavy atom. The van der Waals surface area contributed by atoms with E-state index in [0.717, 1.165) is 27.8 Å². The molecule has 2 nitrogen and oxygen atoms in total. The number of benzene rings is 4. The maximum atomic E-state index is 14.0. The predicted molar refractivity (Wildman–Crippen MR) is 118 cm³/mol. The lowest BCUT2D eigenvalue weighted by Crippen LogP contribution is -2.05. The molecule has 146 valence electrons. The minimum atomic E-state index is -0.247. The Morgan fingerprint density at radius 1 is 0.828 bits per heavy atom. The highest BCUT2D eigenvalue weighted by molar-refractivity contribution is 5.88. The van der Waals surface area contributed by atoms with Crippen LogP contribution in [-0.2, 0) is 13.2 Å². The van der Waals surface area contributed by atoms with Gasteiger partial charge in [0, 0.05) is 23.4 Å². The van der Waals surface area contributed by atoms with Gasteiger partial charge in [0.05, 0.1) is 0 Å². The van der Waals surface area contributed by atoms with Crippen molar-refractivity contribution in [3.05, 3.63) is 107 Å². The van der Waals surface area contributed by atoms with Crippen LogP contribution >= 0.6 is 0 Å². The summed E-state index contributed by atoms with van der Waals surface area (Å²) in [4.78, 5) is 0. The van der Waals surface area contributed by atoms with E-state index >= 15 is 0 Å². The van der Waals surface area contributed by atoms with Gasteiger partial charge in [-0.15, -0.1) is 0 Å². The molecular weight excluding hydrogens is 361 g/mol. The molecule has 0 aliphatic carbocycles. The van der Waals surface area contributed by atoms with Crippen molar-refractivity contribution < 1.29 is 9.13 Å². The van der Waals surface area contributed by atoms with Crippen LogP contribution in [0.2, 0.25) is 0 Å². The molecule has 0 saturated heterocycles. The summed E-state index contributed by atoms with van der Waals surface area (Å²) in [5.41, 5.74) is 5.21. The smallest absolute Gasteiger partial charge is 0.129 e. The Labute approximate surface area is 171 Å². The van der Waals surface area contributed by atoms with Gasteiger partial charge in [0.2, 0.25) is 0 Å². The molecule has 0 aromatic heterocycles. The Morgan fingerprint density at radius 2 is 1.62 bits per heavy atom. The van der Waals surface area contributed by atoms with Crippen LogP contribution in [0.15, 0.2) is 78.9 Å². The summed E-state index contributed by atoms with van der Waals surface area (Å²) >= 11 is 0. The lowest BCUT2D eigenvalue weighted by Gasteiger charge is -2.16. The number of fused-ring (bicyclic) bond motifs is 1. The normalized spacial score (nSPS) is 10.9. The lowest BCUT2D eigenvalue weighted by atomic mass is 10.0. The highest BCUT2D eigenvalue weighted by atomic mass is 19.1. The number of hydrogen-bond acceptors (Lipinski definition) is 2. The summed E-state index contributed by atoms with van der Waals surface area (Å²) in [7, 11) is 0. The van der Waals surface area contributed by atoms with Gasteiger partial charge in [-0.3, -0.25) is 0 Å². The monoisotopic (exact) mass is 385 g/mol. The molecule has 3 heteroatoms. The Bertz CT molecular complexity index is 1150. The lowest BCUT2D eigenvalue weighted by molar-refractivity contribution is 0.297. The van der Waals surface area contributed by atoms with Crippen molar-refractivity contribution >= 4 is 16.5 Å². The van der Waals surface area contributed by atoms with Gasteiger partial charge in [0.25, 0.3) is 0 Å². The van der Waals surface area contributed by atoms with E-state index in [1.165, 1.54) is 17.2 Å². The molecule has 0 fully saturated rings. The molecule has 0 unspecified atom stereocenters. The summed E-state index contributed by atoms with van der Waals surface area (Å²) in [6, 6.07) is 25.4. The van der Waals surface area contributed by atoms with E-state index < -0.39 is 0 Å². The third-order valence-corrected chi connectivity index (χ3v) is 5.31. The Balaban J connectivity index is 1.63. The van der Waals surface area contributed by atoms with Crippen molar-refractivity contribution in [2.45, 2.75) is 27.0 Å². The van der Waals surface area contributed by atoms with Crippen LogP contribution in [0.5, 0.6) is 5.75 Å². The van der Waals surface area contributed by atoms with E-state index in [9.17, 15) is 4.39 Å². The van der Waals surface area contributed by atoms with Gasteiger partial charge in [-0.25, -0.2) is 4.39 Å². The average molecular weight is 385 g/mol. The number of halogens is 1. The fourth-order valence-corrected chi connectivity index (χ4v) is 3.45. The highest BCUT2D eigenvalue weighted by Crippen LogP contribution is 2.30. The van der Waals surface area contributed by atoms with Gasteiger partial charge >= 0.3 is 0 Å². The van der Waals surface area contributed by atoms with Crippen LogP contribution in [0.3, 0.4) is 0 Å². The molecule has 4 aromatic carbocycles. The van der Waals surface area contributed by atoms with Crippen LogP contribution in [0.4, 0.5) is 10.1 Å². The fourth-order valence-electron chi connectivity index (χ4n) is 3.45. The van der Waals surface area contributed by atoms with Crippen LogP contribution < -0.4 is 10.1 Å². The molecule has 0 saturated carbocycles. The van der Waals surface area contributed by atoms with E-state index in [1.807, 2.05) is 30.3 Å². The number of rotatable bonds is 6. The highest BCUT2D eigenvalue weighted by Gasteiger charge is 2.11. The molecule has 0 spiro atoms. The second kappa shape index (κ2) is 8.36. The van der Waals surface area contributed by atoms with E-state index in [1.54, 1.807) is 12.1 Å². The quantitative estimate of drug-likeness (QED) is 0.395. The van der Waals surface area contributed by atoms with Crippen molar-refractivity contribution in [2.24, 2.45) is 0 Å². The summed E-state index contributed by atoms with van der Waals surface area (Å²) in [6.45, 7) is 5.04. The fraction of sp³-hybridized carbons (Fsp3) is 0.154. The number of hydrogen-bond donors (Lipinski definition) is 1. The first-order chi connectivity index (χ1) is 14.1. The minimum absolute atomic E-state index is 0.196. The van der Waals surface area contributed by atoms with E-state index in [0.29, 0.717) is 12.1 Å². The number of ether oxygens (including phenoxy) is 1. The van der Waals surface area contributed by atoms with E-state index in [4.69, 9.17) is 4.74 Å². The van der Waals surface area contributed by atoms with Crippen molar-refractivity contribution in [1.29, 1.82) is 0 Å². The van der Waals surface area contributed by atoms with E-state index in [2.05, 4.69) is 49.5 Å². The number of aryl methyl sites for hydroxylation is 2. The molecule has 0 atom stereocenters. The molecule has 4 aromatic rings. The molecule has 29 heavy (non-hydrogen) atoms. The first-order valence-corrected chi connectivity index (χ1v) is 9.80. The molecule has 0 aliphatic rings. The van der Waals surface area contributed by atoms with Gasteiger partial charge in [-0.05, 0) is 60.0 Å². The van der Waals surface area contributed by atoms with Gasteiger partial charge in [0.1, 0.15) is 18.2 Å². The predicted octanol–water partition coefficient (Wildman–Crippen LogP) is 6.79. The van der Waals surface area contributed by atoms with Crippen molar-refractivity contribution in [3.8, 4) is 5.75 Å². The maximum absolute atomic E-state index is 14.0. The first kappa shape index (κ1) is 19.0. The van der Waals surface area contributed by atoms with Crippen LogP contribution in [0, 0.1) is 19.7 Å². The zero-order chi connectivity index (χ0) is 20.2. The molecule has 4 rings (SSSR count). The SMILES string of the molecule is Cc1ccc(NCc2c(OCc3ccccc3F)ccc3ccccc23)cc1C. The van der Waals surface area contributed by atoms with Crippen molar-refractivity contribution in [2.75, 3.05) is 5.32 Å². The second-order valence-corrected chi connectivity index (χ2v) is 7.30. The summed E-state index contributed by atoms with van der Waals surface area (Å²) in [6.07, 6.45) is 0. The molecule has 0 aliphatic heterocycles. The van der Waals surface area contributed by atoms with Crippen LogP contribution in [-0.4, -0.2) is 0 Å². The van der Waals surface area contributed by atoms with E-state index in [-0.39, 0.29) is 12.4 Å². The van der Waals surface area contributed by atoms with Gasteiger partial charge in [0.15, 0.2) is 0 Å². The number of anilines is 1. The third-order valence-electron chi connectivity index (χ3n) is 5.31. The average Bonchev–Trinajstić information content (AvgIpc) is 2.74. The second-order valence-electron chi connectivity index (χ2n) is 7.30. The molecule has 0 radical (unpaired) electrons. The minimum Gasteiger partial charge on any atom is -0.488 e. The molecular formula is C26H24FNO. The van der Waals surface area contributed by atoms with Gasteiger partial charge in [-0.1, -0.05) is 54.6 Å². The topological polar surface area (TPSA) is 21.3 Å². The summed E-state index contributed by atoms with van der Waals surface area (Å²) in [5.74, 6) is 0.520. The zero-order valence-corrected chi connectivity index (χ0v) is 16.7. The zero-order valence-electron chi connectivity index (χ0n) is 16.7. The van der Waals surface area contributed by atoms with Gasteiger partial charge in [-0.2, -0.15) is 0 Å². The third kappa shape index (κ3) is 4.24. The molecule has 0 heterocycles. The first-order valence-electron chi connectivity index (χ1n) is 9.80. The molecule has 0 bridgehead atoms.